The molecule has 4 heterocycles. The Labute approximate surface area is 169 Å². The van der Waals surface area contributed by atoms with Gasteiger partial charge in [-0.1, -0.05) is 6.07 Å². The highest BCUT2D eigenvalue weighted by molar-refractivity contribution is 7.14. The van der Waals surface area contributed by atoms with Crippen molar-refractivity contribution in [1.82, 2.24) is 25.2 Å². The second-order valence-corrected chi connectivity index (χ2v) is 7.93. The van der Waals surface area contributed by atoms with Crippen molar-refractivity contribution in [2.24, 2.45) is 4.99 Å². The third-order valence-electron chi connectivity index (χ3n) is 5.13. The first-order chi connectivity index (χ1) is 13.8. The van der Waals surface area contributed by atoms with Crippen LogP contribution in [-0.4, -0.2) is 53.3 Å². The van der Waals surface area contributed by atoms with Crippen molar-refractivity contribution in [2.75, 3.05) is 31.6 Å². The molecule has 7 nitrogen and oxygen atoms in total. The van der Waals surface area contributed by atoms with Gasteiger partial charge in [-0.15, -0.1) is 21.5 Å². The molecule has 0 aromatic carbocycles. The number of fused-ring (bicyclic) bond motifs is 1. The van der Waals surface area contributed by atoms with Crippen LogP contribution in [0.2, 0.25) is 0 Å². The minimum atomic E-state index is 0.475. The minimum Gasteiger partial charge on any atom is -0.363 e. The Hall–Kier alpha value is -2.61. The lowest BCUT2D eigenvalue weighted by molar-refractivity contribution is 0.462. The Morgan fingerprint density at radius 1 is 1.21 bits per heavy atom. The standard InChI is InChI=1S/C20H27N7S/c1-21-20(23-16-9-13-26(14-10-16)19-8-5-15-28-19)22-11-4-7-18-25-24-17-6-2-3-12-27(17)18/h2-3,5-6,8,12,15-16H,4,7,9-11,13-14H2,1H3,(H2,21,22,23). The van der Waals surface area contributed by atoms with Crippen molar-refractivity contribution in [3.63, 3.8) is 0 Å². The van der Waals surface area contributed by atoms with Crippen molar-refractivity contribution in [2.45, 2.75) is 31.7 Å². The smallest absolute Gasteiger partial charge is 0.191 e. The van der Waals surface area contributed by atoms with Crippen LogP contribution in [-0.2, 0) is 6.42 Å². The molecule has 1 aliphatic heterocycles. The maximum Gasteiger partial charge on any atom is 0.191 e. The molecule has 3 aromatic heterocycles. The first-order valence-electron chi connectivity index (χ1n) is 9.88. The van der Waals surface area contributed by atoms with E-state index in [9.17, 15) is 0 Å². The maximum absolute atomic E-state index is 4.39. The summed E-state index contributed by atoms with van der Waals surface area (Å²) in [5.41, 5.74) is 0.900. The third-order valence-corrected chi connectivity index (χ3v) is 6.06. The Bertz CT molecular complexity index is 894. The number of thiophene rings is 1. The molecule has 0 atom stereocenters. The van der Waals surface area contributed by atoms with Crippen LogP contribution >= 0.6 is 11.3 Å². The molecular weight excluding hydrogens is 370 g/mol. The molecule has 148 valence electrons. The van der Waals surface area contributed by atoms with Gasteiger partial charge in [0.05, 0.1) is 5.00 Å². The zero-order chi connectivity index (χ0) is 19.2. The molecule has 0 spiro atoms. The average Bonchev–Trinajstić information content (AvgIpc) is 3.41. The highest BCUT2D eigenvalue weighted by atomic mass is 32.1. The molecule has 8 heteroatoms. The fourth-order valence-corrected chi connectivity index (χ4v) is 4.38. The number of aryl methyl sites for hydroxylation is 1. The van der Waals surface area contributed by atoms with Gasteiger partial charge in [-0.25, -0.2) is 0 Å². The number of piperidine rings is 1. The third kappa shape index (κ3) is 4.44. The summed E-state index contributed by atoms with van der Waals surface area (Å²) < 4.78 is 2.05. The Morgan fingerprint density at radius 3 is 2.89 bits per heavy atom. The topological polar surface area (TPSA) is 69.8 Å². The highest BCUT2D eigenvalue weighted by Gasteiger charge is 2.20. The minimum absolute atomic E-state index is 0.475. The summed E-state index contributed by atoms with van der Waals surface area (Å²) in [5.74, 6) is 1.89. The van der Waals surface area contributed by atoms with Crippen molar-refractivity contribution in [3.05, 3.63) is 47.7 Å². The van der Waals surface area contributed by atoms with E-state index in [4.69, 9.17) is 0 Å². The largest absolute Gasteiger partial charge is 0.363 e. The van der Waals surface area contributed by atoms with Crippen molar-refractivity contribution < 1.29 is 0 Å². The molecule has 2 N–H and O–H groups in total. The average molecular weight is 398 g/mol. The number of aromatic nitrogens is 3. The number of aliphatic imine (C=N–C) groups is 1. The second-order valence-electron chi connectivity index (χ2n) is 7.00. The fourth-order valence-electron chi connectivity index (χ4n) is 3.60. The number of nitrogens with zero attached hydrogens (tertiary/aromatic N) is 5. The Kier molecular flexibility index (Phi) is 6.06. The molecule has 0 bridgehead atoms. The molecule has 28 heavy (non-hydrogen) atoms. The van der Waals surface area contributed by atoms with Crippen LogP contribution in [0.4, 0.5) is 5.00 Å². The van der Waals surface area contributed by atoms with E-state index in [0.717, 1.165) is 62.7 Å². The lowest BCUT2D eigenvalue weighted by Gasteiger charge is -2.33. The predicted molar refractivity (Wildman–Crippen MR) is 115 cm³/mol. The lowest BCUT2D eigenvalue weighted by Crippen LogP contribution is -2.48. The van der Waals surface area contributed by atoms with E-state index in [2.05, 4.69) is 52.6 Å². The molecule has 0 amide bonds. The molecule has 3 aromatic rings. The second kappa shape index (κ2) is 9.05. The molecule has 1 saturated heterocycles. The van der Waals surface area contributed by atoms with Gasteiger partial charge in [-0.05, 0) is 48.9 Å². The monoisotopic (exact) mass is 397 g/mol. The van der Waals surface area contributed by atoms with Gasteiger partial charge in [-0.2, -0.15) is 0 Å². The number of nitrogens with one attached hydrogen (secondary N) is 2. The summed E-state index contributed by atoms with van der Waals surface area (Å²) >= 11 is 1.82. The van der Waals surface area contributed by atoms with Crippen LogP contribution in [0.5, 0.6) is 0 Å². The van der Waals surface area contributed by atoms with Gasteiger partial charge in [0.15, 0.2) is 11.6 Å². The fraction of sp³-hybridized carbons (Fsp3) is 0.450. The summed E-state index contributed by atoms with van der Waals surface area (Å²) in [6.45, 7) is 3.04. The van der Waals surface area contributed by atoms with E-state index in [1.807, 2.05) is 42.8 Å². The van der Waals surface area contributed by atoms with Crippen LogP contribution in [0.1, 0.15) is 25.1 Å². The number of guanidine groups is 1. The van der Waals surface area contributed by atoms with Gasteiger partial charge in [-0.3, -0.25) is 9.39 Å². The van der Waals surface area contributed by atoms with Crippen molar-refractivity contribution in [3.8, 4) is 0 Å². The van der Waals surface area contributed by atoms with Gasteiger partial charge in [0, 0.05) is 45.3 Å². The first-order valence-corrected chi connectivity index (χ1v) is 10.8. The van der Waals surface area contributed by atoms with Gasteiger partial charge in [0.25, 0.3) is 0 Å². The van der Waals surface area contributed by atoms with E-state index in [1.165, 1.54) is 5.00 Å². The maximum atomic E-state index is 4.39. The number of rotatable bonds is 6. The van der Waals surface area contributed by atoms with Crippen LogP contribution in [0.15, 0.2) is 46.9 Å². The lowest BCUT2D eigenvalue weighted by atomic mass is 10.1. The quantitative estimate of drug-likeness (QED) is 0.380. The number of pyridine rings is 1. The first kappa shape index (κ1) is 18.7. The van der Waals surface area contributed by atoms with E-state index >= 15 is 0 Å². The molecule has 0 radical (unpaired) electrons. The summed E-state index contributed by atoms with van der Waals surface area (Å²) in [6.07, 6.45) is 6.14. The molecule has 1 fully saturated rings. The zero-order valence-electron chi connectivity index (χ0n) is 16.2. The van der Waals surface area contributed by atoms with E-state index in [0.29, 0.717) is 6.04 Å². The van der Waals surface area contributed by atoms with Gasteiger partial charge < -0.3 is 15.5 Å². The van der Waals surface area contributed by atoms with Gasteiger partial charge >= 0.3 is 0 Å². The zero-order valence-corrected chi connectivity index (χ0v) is 17.0. The van der Waals surface area contributed by atoms with Crippen LogP contribution < -0.4 is 15.5 Å². The molecule has 0 aliphatic carbocycles. The van der Waals surface area contributed by atoms with Crippen molar-refractivity contribution in [1.29, 1.82) is 0 Å². The highest BCUT2D eigenvalue weighted by Crippen LogP contribution is 2.24. The van der Waals surface area contributed by atoms with E-state index in [-0.39, 0.29) is 0 Å². The Morgan fingerprint density at radius 2 is 2.11 bits per heavy atom. The predicted octanol–water partition coefficient (Wildman–Crippen LogP) is 2.56. The van der Waals surface area contributed by atoms with Crippen LogP contribution in [0.25, 0.3) is 5.65 Å². The summed E-state index contributed by atoms with van der Waals surface area (Å²) in [5, 5.41) is 19.0. The summed E-state index contributed by atoms with van der Waals surface area (Å²) in [7, 11) is 1.84. The normalized spacial score (nSPS) is 15.9. The number of hydrogen-bond acceptors (Lipinski definition) is 5. The molecule has 1 aliphatic rings. The summed E-state index contributed by atoms with van der Waals surface area (Å²) in [4.78, 5) is 6.86. The molecule has 0 unspecified atom stereocenters. The summed E-state index contributed by atoms with van der Waals surface area (Å²) in [6, 6.07) is 10.8. The van der Waals surface area contributed by atoms with Crippen LogP contribution in [0, 0.1) is 0 Å². The molecule has 4 rings (SSSR count). The number of hydrogen-bond donors (Lipinski definition) is 2. The Balaban J connectivity index is 1.19. The van der Waals surface area contributed by atoms with E-state index < -0.39 is 0 Å². The SMILES string of the molecule is CN=C(NCCCc1nnc2ccccn12)NC1CCN(c2cccs2)CC1. The molecular formula is C20H27N7S. The molecule has 0 saturated carbocycles. The van der Waals surface area contributed by atoms with E-state index in [1.54, 1.807) is 0 Å². The van der Waals surface area contributed by atoms with Crippen molar-refractivity contribution >= 4 is 27.9 Å². The van der Waals surface area contributed by atoms with Gasteiger partial charge in [0.1, 0.15) is 5.82 Å². The van der Waals surface area contributed by atoms with Crippen LogP contribution in [0.3, 0.4) is 0 Å². The van der Waals surface area contributed by atoms with Gasteiger partial charge in [0.2, 0.25) is 0 Å². The number of anilines is 1.